The zero-order valence-corrected chi connectivity index (χ0v) is 75.9. The Morgan fingerprint density at radius 3 is 0.718 bits per heavy atom. The number of esters is 3. The zero-order chi connectivity index (χ0) is 85.1. The van der Waals surface area contributed by atoms with E-state index in [1.165, 1.54) is 173 Å². The first-order valence-electron chi connectivity index (χ1n) is 46.8. The number of allylic oxidation sites excluding steroid dienone is 26. The van der Waals surface area contributed by atoms with E-state index in [2.05, 4.69) is 179 Å². The summed E-state index contributed by atoms with van der Waals surface area (Å²) >= 11 is 0. The largest absolute Gasteiger partial charge is 0.472 e. The number of aliphatic hydroxyl groups excluding tert-OH is 2. The number of hydrogen-bond donors (Lipinski definition) is 4. The molecule has 0 bridgehead atoms. The van der Waals surface area contributed by atoms with E-state index in [0.717, 1.165) is 161 Å². The summed E-state index contributed by atoms with van der Waals surface area (Å²) in [4.78, 5) is 59.0. The summed E-state index contributed by atoms with van der Waals surface area (Å²) in [5.74, 6) is -1.59. The molecule has 0 aromatic carbocycles. The number of carbonyl (C=O) groups is 3. The highest BCUT2D eigenvalue weighted by molar-refractivity contribution is 7.47. The van der Waals surface area contributed by atoms with Gasteiger partial charge in [-0.15, -0.1) is 0 Å². The molecule has 4 N–H and O–H groups in total. The molecule has 18 heteroatoms. The lowest BCUT2D eigenvalue weighted by atomic mass is 10.0. The minimum Gasteiger partial charge on any atom is -0.463 e. The normalized spacial score (nSPS) is 14.5. The van der Waals surface area contributed by atoms with Crippen molar-refractivity contribution in [1.29, 1.82) is 0 Å². The molecular formula is C99H170O16P2. The van der Waals surface area contributed by atoms with Crippen LogP contribution >= 0.6 is 15.6 Å². The third-order valence-electron chi connectivity index (χ3n) is 19.7. The molecule has 0 fully saturated rings. The number of phosphoric ester groups is 2. The van der Waals surface area contributed by atoms with Gasteiger partial charge in [-0.05, 0) is 154 Å². The van der Waals surface area contributed by atoms with E-state index >= 15 is 0 Å². The maximum atomic E-state index is 13.1. The zero-order valence-electron chi connectivity index (χ0n) is 74.1. The monoisotopic (exact) mass is 1680 g/mol. The van der Waals surface area contributed by atoms with Gasteiger partial charge in [-0.25, -0.2) is 9.13 Å². The molecule has 0 rings (SSSR count). The number of rotatable bonds is 88. The molecule has 0 aliphatic rings. The third kappa shape index (κ3) is 91.7. The standard InChI is InChI=1S/C99H170O16P2/c1-4-7-10-13-16-19-22-25-28-31-34-37-39-41-43-44-45-46-47-48-50-52-53-56-58-61-64-67-70-73-76-79-82-85-97(102)109-88-94(100)89-111-116(105,106)112-90-95(101)91-113-117(107,108)114-93-96(115-99(104)87-84-81-78-75-72-69-66-63-60-55-36-33-30-27-24-21-18-15-12-9-6-3)92-110-98(103)86-83-80-77-74-71-68-65-62-59-57-54-51-49-42-40-38-35-32-29-26-23-20-17-14-11-8-5-2/h7,10,16-21,25-30,34-38,41-43,49,55,63,66,94-96,100-101H,4-6,8-9,11-15,22-24,31-33,39-40,44-48,50-54,56-62,64-65,67-93H2,1-3H3,(H,105,106)(H,107,108)/b10-7-,19-16-,20-17-,21-18-,28-25-,29-26-,30-27-,37-34-,38-35-,43-41-,49-42-,55-36-,66-63-. The summed E-state index contributed by atoms with van der Waals surface area (Å²) < 4.78 is 61.5. The van der Waals surface area contributed by atoms with Gasteiger partial charge in [-0.2, -0.15) is 0 Å². The van der Waals surface area contributed by atoms with E-state index in [9.17, 15) is 43.5 Å². The number of unbranched alkanes of at least 4 members (excludes halogenated alkanes) is 39. The Bertz CT molecular complexity index is 2760. The fourth-order valence-electron chi connectivity index (χ4n) is 12.6. The summed E-state index contributed by atoms with van der Waals surface area (Å²) in [6.45, 7) is 2.54. The van der Waals surface area contributed by atoms with Crippen LogP contribution in [0.3, 0.4) is 0 Å². The van der Waals surface area contributed by atoms with Gasteiger partial charge in [0, 0.05) is 19.3 Å². The smallest absolute Gasteiger partial charge is 0.463 e. The fourth-order valence-corrected chi connectivity index (χ4v) is 14.2. The van der Waals surface area contributed by atoms with E-state index in [1.54, 1.807) is 0 Å². The number of phosphoric acid groups is 2. The van der Waals surface area contributed by atoms with Gasteiger partial charge in [0.15, 0.2) is 6.10 Å². The fraction of sp³-hybridized carbons (Fsp3) is 0.707. The number of aliphatic hydroxyl groups is 2. The highest BCUT2D eigenvalue weighted by Crippen LogP contribution is 2.45. The lowest BCUT2D eigenvalue weighted by molar-refractivity contribution is -0.161. The van der Waals surface area contributed by atoms with Crippen molar-refractivity contribution < 1.29 is 75.8 Å². The van der Waals surface area contributed by atoms with Crippen molar-refractivity contribution in [3.8, 4) is 0 Å². The molecule has 0 aromatic rings. The third-order valence-corrected chi connectivity index (χ3v) is 21.6. The Labute approximate surface area is 714 Å². The van der Waals surface area contributed by atoms with Crippen molar-refractivity contribution in [2.45, 2.75) is 411 Å². The van der Waals surface area contributed by atoms with Crippen LogP contribution in [0.2, 0.25) is 0 Å². The maximum Gasteiger partial charge on any atom is 0.472 e. The van der Waals surface area contributed by atoms with Crippen molar-refractivity contribution >= 4 is 33.6 Å². The summed E-state index contributed by atoms with van der Waals surface area (Å²) in [6.07, 6.45) is 116. The number of hydrogen-bond acceptors (Lipinski definition) is 14. The second kappa shape index (κ2) is 90.4. The van der Waals surface area contributed by atoms with E-state index < -0.39 is 91.5 Å². The molecule has 0 radical (unpaired) electrons. The van der Waals surface area contributed by atoms with Crippen LogP contribution in [0.5, 0.6) is 0 Å². The predicted molar refractivity (Wildman–Crippen MR) is 491 cm³/mol. The molecule has 0 saturated heterocycles. The Hall–Kier alpha value is -4.83. The lowest BCUT2D eigenvalue weighted by Gasteiger charge is -2.21. The van der Waals surface area contributed by atoms with Crippen LogP contribution in [0, 0.1) is 0 Å². The maximum absolute atomic E-state index is 13.1. The summed E-state index contributed by atoms with van der Waals surface area (Å²) in [5, 5.41) is 20.7. The summed E-state index contributed by atoms with van der Waals surface area (Å²) in [6, 6.07) is 0. The first-order chi connectivity index (χ1) is 57.2. The van der Waals surface area contributed by atoms with Gasteiger partial charge in [0.25, 0.3) is 0 Å². The molecule has 117 heavy (non-hydrogen) atoms. The topological polar surface area (TPSA) is 231 Å². The highest BCUT2D eigenvalue weighted by Gasteiger charge is 2.29. The van der Waals surface area contributed by atoms with Gasteiger partial charge in [0.1, 0.15) is 25.4 Å². The van der Waals surface area contributed by atoms with Crippen molar-refractivity contribution in [3.63, 3.8) is 0 Å². The van der Waals surface area contributed by atoms with Gasteiger partial charge in [0.2, 0.25) is 0 Å². The van der Waals surface area contributed by atoms with Crippen molar-refractivity contribution in [3.05, 3.63) is 158 Å². The Morgan fingerprint density at radius 1 is 0.248 bits per heavy atom. The van der Waals surface area contributed by atoms with Gasteiger partial charge in [0.05, 0.1) is 26.4 Å². The van der Waals surface area contributed by atoms with Crippen LogP contribution in [-0.2, 0) is 55.8 Å². The Kier molecular flexibility index (Phi) is 86.7. The SMILES string of the molecule is CC/C=C\C/C=C\C/C=C\C/C=C\C/C=C\CCCCCCCCCCCCCCCCCCCC(=O)OCC(O)COP(=O)(O)OCC(O)COP(=O)(O)OCC(COC(=O)CCCCCCCCCCCCC/C=C\C/C=C\C/C=C\C/C=C\CCCCC)OC(=O)CCCCCCC/C=C\C/C=C\C/C=C\C/C=C\CCCCC. The van der Waals surface area contributed by atoms with Crippen LogP contribution in [-0.4, -0.2) is 95.9 Å². The van der Waals surface area contributed by atoms with Crippen LogP contribution < -0.4 is 0 Å². The number of ether oxygens (including phenoxy) is 3. The van der Waals surface area contributed by atoms with Crippen molar-refractivity contribution in [1.82, 2.24) is 0 Å². The van der Waals surface area contributed by atoms with Gasteiger partial charge < -0.3 is 34.2 Å². The minimum absolute atomic E-state index is 0.0800. The predicted octanol–water partition coefficient (Wildman–Crippen LogP) is 28.9. The molecule has 5 atom stereocenters. The number of carbonyl (C=O) groups excluding carboxylic acids is 3. The molecular weight excluding hydrogens is 1510 g/mol. The van der Waals surface area contributed by atoms with E-state index in [-0.39, 0.29) is 19.3 Å². The quantitative estimate of drug-likeness (QED) is 0.0146. The van der Waals surface area contributed by atoms with Gasteiger partial charge in [-0.3, -0.25) is 32.5 Å². The van der Waals surface area contributed by atoms with Crippen molar-refractivity contribution in [2.24, 2.45) is 0 Å². The molecule has 0 heterocycles. The lowest BCUT2D eigenvalue weighted by Crippen LogP contribution is -2.30. The van der Waals surface area contributed by atoms with Crippen LogP contribution in [0.1, 0.15) is 393 Å². The van der Waals surface area contributed by atoms with E-state index in [1.807, 2.05) is 0 Å². The Morgan fingerprint density at radius 2 is 0.453 bits per heavy atom. The summed E-state index contributed by atoms with van der Waals surface area (Å²) in [7, 11) is -9.82. The molecule has 0 spiro atoms. The average Bonchev–Trinajstić information content (AvgIpc) is 0.902. The molecule has 0 saturated carbocycles. The molecule has 672 valence electrons. The Balaban J connectivity index is 4.57. The van der Waals surface area contributed by atoms with Crippen LogP contribution in [0.25, 0.3) is 0 Å². The first kappa shape index (κ1) is 112. The average molecular weight is 1680 g/mol. The van der Waals surface area contributed by atoms with Crippen LogP contribution in [0.15, 0.2) is 158 Å². The van der Waals surface area contributed by atoms with Gasteiger partial charge in [-0.1, -0.05) is 378 Å². The first-order valence-corrected chi connectivity index (χ1v) is 49.8. The molecule has 0 aromatic heterocycles. The molecule has 0 aliphatic heterocycles. The minimum atomic E-state index is -4.95. The molecule has 0 amide bonds. The van der Waals surface area contributed by atoms with E-state index in [0.29, 0.717) is 19.3 Å². The second-order valence-electron chi connectivity index (χ2n) is 31.1. The second-order valence-corrected chi connectivity index (χ2v) is 34.0. The molecule has 16 nitrogen and oxygen atoms in total. The molecule has 5 unspecified atom stereocenters. The van der Waals surface area contributed by atoms with E-state index in [4.69, 9.17) is 32.3 Å². The van der Waals surface area contributed by atoms with Gasteiger partial charge >= 0.3 is 33.6 Å². The highest BCUT2D eigenvalue weighted by atomic mass is 31.2. The molecule has 0 aliphatic carbocycles. The summed E-state index contributed by atoms with van der Waals surface area (Å²) in [5.41, 5.74) is 0. The van der Waals surface area contributed by atoms with Crippen molar-refractivity contribution in [2.75, 3.05) is 39.6 Å². The van der Waals surface area contributed by atoms with Crippen LogP contribution in [0.4, 0.5) is 0 Å².